The van der Waals surface area contributed by atoms with Crippen LogP contribution in [-0.2, 0) is 12.8 Å². The maximum absolute atomic E-state index is 4.42. The maximum atomic E-state index is 4.42. The van der Waals surface area contributed by atoms with E-state index in [-0.39, 0.29) is 0 Å². The van der Waals surface area contributed by atoms with Crippen molar-refractivity contribution >= 4 is 37.7 Å². The fraction of sp³-hybridized carbons (Fsp3) is 0.267. The number of hydrogen-bond acceptors (Lipinski definition) is 2. The molecule has 0 aliphatic heterocycles. The van der Waals surface area contributed by atoms with Gasteiger partial charge < -0.3 is 5.32 Å². The van der Waals surface area contributed by atoms with E-state index in [0.29, 0.717) is 6.04 Å². The lowest BCUT2D eigenvalue weighted by Crippen LogP contribution is -2.27. The van der Waals surface area contributed by atoms with Crippen LogP contribution in [0.4, 0.5) is 5.82 Å². The van der Waals surface area contributed by atoms with Crippen LogP contribution in [0.15, 0.2) is 45.5 Å². The van der Waals surface area contributed by atoms with Crippen LogP contribution in [-0.4, -0.2) is 11.0 Å². The second-order valence-electron chi connectivity index (χ2n) is 4.84. The predicted octanol–water partition coefficient (Wildman–Crippen LogP) is 4.58. The summed E-state index contributed by atoms with van der Waals surface area (Å²) < 4.78 is 1.99. The van der Waals surface area contributed by atoms with Crippen LogP contribution in [0.3, 0.4) is 0 Å². The highest BCUT2D eigenvalue weighted by molar-refractivity contribution is 9.11. The monoisotopic (exact) mass is 380 g/mol. The van der Waals surface area contributed by atoms with Gasteiger partial charge in [-0.1, -0.05) is 24.3 Å². The molecule has 98 valence electrons. The number of benzene rings is 1. The van der Waals surface area contributed by atoms with Crippen molar-refractivity contribution in [3.05, 3.63) is 56.6 Å². The minimum absolute atomic E-state index is 0.458. The Kier molecular flexibility index (Phi) is 3.89. The number of anilines is 1. The van der Waals surface area contributed by atoms with Crippen molar-refractivity contribution in [3.8, 4) is 0 Å². The number of nitrogens with one attached hydrogen (secondary N) is 1. The van der Waals surface area contributed by atoms with E-state index in [9.17, 15) is 0 Å². The molecule has 2 nitrogen and oxygen atoms in total. The SMILES string of the molecule is Brc1cnc(NC2CCc3ccccc3C2)c(Br)c1. The quantitative estimate of drug-likeness (QED) is 0.823. The molecule has 1 aromatic heterocycles. The molecule has 1 aromatic carbocycles. The van der Waals surface area contributed by atoms with Crippen molar-refractivity contribution < 1.29 is 0 Å². The van der Waals surface area contributed by atoms with E-state index < -0.39 is 0 Å². The molecule has 4 heteroatoms. The second kappa shape index (κ2) is 5.63. The Morgan fingerprint density at radius 3 is 2.74 bits per heavy atom. The molecule has 0 spiro atoms. The summed E-state index contributed by atoms with van der Waals surface area (Å²) in [6.45, 7) is 0. The van der Waals surface area contributed by atoms with Crippen molar-refractivity contribution in [2.45, 2.75) is 25.3 Å². The van der Waals surface area contributed by atoms with Crippen LogP contribution < -0.4 is 5.32 Å². The molecular weight excluding hydrogens is 368 g/mol. The minimum atomic E-state index is 0.458. The van der Waals surface area contributed by atoms with Gasteiger partial charge in [-0.3, -0.25) is 0 Å². The predicted molar refractivity (Wildman–Crippen MR) is 85.5 cm³/mol. The Balaban J connectivity index is 1.75. The standard InChI is InChI=1S/C15H14Br2N2/c16-12-8-14(17)15(18-9-12)19-13-6-5-10-3-1-2-4-11(10)7-13/h1-4,8-9,13H,5-7H2,(H,18,19). The Hall–Kier alpha value is -0.870. The van der Waals surface area contributed by atoms with E-state index in [0.717, 1.165) is 34.0 Å². The van der Waals surface area contributed by atoms with E-state index in [2.05, 4.69) is 66.4 Å². The van der Waals surface area contributed by atoms with Crippen LogP contribution in [0, 0.1) is 0 Å². The Morgan fingerprint density at radius 2 is 1.95 bits per heavy atom. The Bertz CT molecular complexity index is 598. The molecule has 0 amide bonds. The van der Waals surface area contributed by atoms with Crippen LogP contribution in [0.25, 0.3) is 0 Å². The third-order valence-electron chi connectivity index (χ3n) is 3.50. The topological polar surface area (TPSA) is 24.9 Å². The third-order valence-corrected chi connectivity index (χ3v) is 4.53. The average Bonchev–Trinajstić information content (AvgIpc) is 2.42. The second-order valence-corrected chi connectivity index (χ2v) is 6.61. The Labute approximate surface area is 129 Å². The summed E-state index contributed by atoms with van der Waals surface area (Å²) in [4.78, 5) is 4.42. The molecule has 3 rings (SSSR count). The number of aryl methyl sites for hydroxylation is 1. The molecule has 19 heavy (non-hydrogen) atoms. The van der Waals surface area contributed by atoms with Gasteiger partial charge in [0.2, 0.25) is 0 Å². The molecule has 0 radical (unpaired) electrons. The zero-order valence-electron chi connectivity index (χ0n) is 10.4. The smallest absolute Gasteiger partial charge is 0.140 e. The van der Waals surface area contributed by atoms with Gasteiger partial charge in [0.05, 0.1) is 4.47 Å². The molecule has 1 aliphatic carbocycles. The first-order valence-corrected chi connectivity index (χ1v) is 7.95. The molecule has 0 fully saturated rings. The summed E-state index contributed by atoms with van der Waals surface area (Å²) in [5.74, 6) is 0.924. The Morgan fingerprint density at radius 1 is 1.16 bits per heavy atom. The van der Waals surface area contributed by atoms with Gasteiger partial charge in [0, 0.05) is 16.7 Å². The summed E-state index contributed by atoms with van der Waals surface area (Å²) in [6, 6.07) is 11.2. The first-order valence-electron chi connectivity index (χ1n) is 6.37. The van der Waals surface area contributed by atoms with E-state index in [4.69, 9.17) is 0 Å². The molecule has 1 aliphatic rings. The minimum Gasteiger partial charge on any atom is -0.366 e. The summed E-state index contributed by atoms with van der Waals surface area (Å²) >= 11 is 6.97. The summed E-state index contributed by atoms with van der Waals surface area (Å²) in [7, 11) is 0. The summed E-state index contributed by atoms with van der Waals surface area (Å²) in [5, 5.41) is 3.54. The van der Waals surface area contributed by atoms with Gasteiger partial charge in [-0.15, -0.1) is 0 Å². The molecular formula is C15H14Br2N2. The highest BCUT2D eigenvalue weighted by Crippen LogP contribution is 2.27. The van der Waals surface area contributed by atoms with E-state index in [1.807, 2.05) is 12.3 Å². The normalized spacial score (nSPS) is 17.9. The number of fused-ring (bicyclic) bond motifs is 1. The van der Waals surface area contributed by atoms with Crippen molar-refractivity contribution in [2.24, 2.45) is 0 Å². The van der Waals surface area contributed by atoms with Crippen LogP contribution >= 0.6 is 31.9 Å². The molecule has 1 atom stereocenters. The molecule has 0 saturated carbocycles. The van der Waals surface area contributed by atoms with E-state index in [1.54, 1.807) is 0 Å². The molecule has 0 saturated heterocycles. The van der Waals surface area contributed by atoms with Gasteiger partial charge in [0.1, 0.15) is 5.82 Å². The first kappa shape index (κ1) is 13.1. The lowest BCUT2D eigenvalue weighted by atomic mass is 9.88. The molecule has 0 bridgehead atoms. The van der Waals surface area contributed by atoms with Crippen LogP contribution in [0.5, 0.6) is 0 Å². The summed E-state index contributed by atoms with van der Waals surface area (Å²) in [6.07, 6.45) is 5.19. The van der Waals surface area contributed by atoms with Gasteiger partial charge in [-0.2, -0.15) is 0 Å². The van der Waals surface area contributed by atoms with Crippen LogP contribution in [0.1, 0.15) is 17.5 Å². The van der Waals surface area contributed by atoms with Gasteiger partial charge in [0.25, 0.3) is 0 Å². The zero-order valence-corrected chi connectivity index (χ0v) is 13.5. The van der Waals surface area contributed by atoms with Gasteiger partial charge >= 0.3 is 0 Å². The molecule has 1 unspecified atom stereocenters. The van der Waals surface area contributed by atoms with Crippen molar-refractivity contribution in [1.29, 1.82) is 0 Å². The fourth-order valence-corrected chi connectivity index (χ4v) is 3.64. The lowest BCUT2D eigenvalue weighted by molar-refractivity contribution is 0.608. The maximum Gasteiger partial charge on any atom is 0.140 e. The van der Waals surface area contributed by atoms with Gasteiger partial charge in [-0.25, -0.2) is 4.98 Å². The van der Waals surface area contributed by atoms with Crippen LogP contribution in [0.2, 0.25) is 0 Å². The largest absolute Gasteiger partial charge is 0.366 e. The van der Waals surface area contributed by atoms with E-state index in [1.165, 1.54) is 11.1 Å². The van der Waals surface area contributed by atoms with Gasteiger partial charge in [-0.05, 0) is 68.3 Å². The number of halogens is 2. The van der Waals surface area contributed by atoms with Gasteiger partial charge in [0.15, 0.2) is 0 Å². The third kappa shape index (κ3) is 3.00. The van der Waals surface area contributed by atoms with Crippen molar-refractivity contribution in [1.82, 2.24) is 4.98 Å². The number of pyridine rings is 1. The lowest BCUT2D eigenvalue weighted by Gasteiger charge is -2.26. The van der Waals surface area contributed by atoms with E-state index >= 15 is 0 Å². The number of rotatable bonds is 2. The number of aromatic nitrogens is 1. The highest BCUT2D eigenvalue weighted by atomic mass is 79.9. The molecule has 2 aromatic rings. The van der Waals surface area contributed by atoms with Crippen molar-refractivity contribution in [2.75, 3.05) is 5.32 Å². The number of hydrogen-bond donors (Lipinski definition) is 1. The fourth-order valence-electron chi connectivity index (χ4n) is 2.54. The van der Waals surface area contributed by atoms with Crippen molar-refractivity contribution in [3.63, 3.8) is 0 Å². The molecule has 1 heterocycles. The average molecular weight is 382 g/mol. The first-order chi connectivity index (χ1) is 9.22. The summed E-state index contributed by atoms with van der Waals surface area (Å²) in [5.41, 5.74) is 2.95. The molecule has 1 N–H and O–H groups in total. The number of nitrogens with zero attached hydrogens (tertiary/aromatic N) is 1. The zero-order chi connectivity index (χ0) is 13.2. The highest BCUT2D eigenvalue weighted by Gasteiger charge is 2.19.